The van der Waals surface area contributed by atoms with Gasteiger partial charge in [-0.05, 0) is 28.7 Å². The molecular weight excluding hydrogens is 311 g/mol. The van der Waals surface area contributed by atoms with Gasteiger partial charge in [0.25, 0.3) is 0 Å². The van der Waals surface area contributed by atoms with Crippen molar-refractivity contribution in [2.24, 2.45) is 0 Å². The van der Waals surface area contributed by atoms with Crippen LogP contribution < -0.4 is 5.19 Å². The Hall–Kier alpha value is 0.0469. The zero-order valence-electron chi connectivity index (χ0n) is 8.41. The molecule has 0 aromatic heterocycles. The minimum atomic E-state index is -2.65. The molecule has 78 valence electrons. The van der Waals surface area contributed by atoms with E-state index in [1.165, 1.54) is 0 Å². The van der Waals surface area contributed by atoms with Crippen LogP contribution in [0.1, 0.15) is 0 Å². The Morgan fingerprint density at radius 3 is 1.93 bits per heavy atom. The molecule has 0 aliphatic rings. The molecule has 1 aromatic rings. The van der Waals surface area contributed by atoms with Crippen molar-refractivity contribution in [3.05, 3.63) is 27.8 Å². The Labute approximate surface area is 98.9 Å². The lowest BCUT2D eigenvalue weighted by molar-refractivity contribution is 0.140. The molecule has 0 N–H and O–H groups in total. The van der Waals surface area contributed by atoms with Crippen molar-refractivity contribution in [2.75, 3.05) is 21.3 Å². The van der Waals surface area contributed by atoms with Gasteiger partial charge < -0.3 is 13.3 Å². The van der Waals surface area contributed by atoms with Crippen molar-refractivity contribution in [3.63, 3.8) is 0 Å². The highest BCUT2D eigenvalue weighted by Crippen LogP contribution is 2.11. The number of hydrogen-bond donors (Lipinski definition) is 0. The van der Waals surface area contributed by atoms with E-state index in [1.807, 2.05) is 24.3 Å². The molecule has 0 saturated heterocycles. The molecule has 14 heavy (non-hydrogen) atoms. The van der Waals surface area contributed by atoms with E-state index < -0.39 is 8.80 Å². The highest BCUT2D eigenvalue weighted by atomic mass is 127. The molecule has 0 radical (unpaired) electrons. The monoisotopic (exact) mass is 324 g/mol. The largest absolute Gasteiger partial charge is 0.537 e. The maximum absolute atomic E-state index is 5.39. The van der Waals surface area contributed by atoms with E-state index in [-0.39, 0.29) is 0 Å². The molecule has 0 amide bonds. The number of benzene rings is 1. The standard InChI is InChI=1S/C9H13IO3Si/c1-11-14(12-2,13-3)9-7-5-4-6-8(9)10/h4-7H,1-3H3. The summed E-state index contributed by atoms with van der Waals surface area (Å²) in [6, 6.07) is 7.92. The van der Waals surface area contributed by atoms with Gasteiger partial charge >= 0.3 is 8.80 Å². The van der Waals surface area contributed by atoms with Gasteiger partial charge in [0.2, 0.25) is 0 Å². The van der Waals surface area contributed by atoms with E-state index in [9.17, 15) is 0 Å². The average molecular weight is 324 g/mol. The van der Waals surface area contributed by atoms with E-state index in [2.05, 4.69) is 22.6 Å². The van der Waals surface area contributed by atoms with Crippen molar-refractivity contribution >= 4 is 36.6 Å². The summed E-state index contributed by atoms with van der Waals surface area (Å²) in [6.07, 6.45) is 0. The molecule has 1 rings (SSSR count). The molecule has 0 unspecified atom stereocenters. The summed E-state index contributed by atoms with van der Waals surface area (Å²) in [4.78, 5) is 0. The van der Waals surface area contributed by atoms with E-state index in [0.29, 0.717) is 0 Å². The van der Waals surface area contributed by atoms with E-state index >= 15 is 0 Å². The van der Waals surface area contributed by atoms with E-state index in [4.69, 9.17) is 13.3 Å². The topological polar surface area (TPSA) is 27.7 Å². The van der Waals surface area contributed by atoms with Gasteiger partial charge in [0.05, 0.1) is 0 Å². The maximum atomic E-state index is 5.39. The van der Waals surface area contributed by atoms with Gasteiger partial charge in [0.15, 0.2) is 0 Å². The highest BCUT2D eigenvalue weighted by Gasteiger charge is 2.42. The van der Waals surface area contributed by atoms with Crippen LogP contribution >= 0.6 is 22.6 Å². The van der Waals surface area contributed by atoms with Crippen molar-refractivity contribution in [1.82, 2.24) is 0 Å². The second-order valence-electron chi connectivity index (χ2n) is 2.65. The number of halogens is 1. The minimum absolute atomic E-state index is 1.01. The minimum Gasteiger partial charge on any atom is -0.373 e. The van der Waals surface area contributed by atoms with Crippen molar-refractivity contribution < 1.29 is 13.3 Å². The van der Waals surface area contributed by atoms with Gasteiger partial charge in [0, 0.05) is 30.1 Å². The molecule has 0 aliphatic heterocycles. The van der Waals surface area contributed by atoms with Crippen LogP contribution in [-0.2, 0) is 13.3 Å². The Bertz CT molecular complexity index is 294. The fourth-order valence-electron chi connectivity index (χ4n) is 1.29. The van der Waals surface area contributed by atoms with Gasteiger partial charge in [-0.3, -0.25) is 0 Å². The Balaban J connectivity index is 3.17. The summed E-state index contributed by atoms with van der Waals surface area (Å²) < 4.78 is 17.3. The molecular formula is C9H13IO3Si. The summed E-state index contributed by atoms with van der Waals surface area (Å²) in [6.45, 7) is 0. The third-order valence-electron chi connectivity index (χ3n) is 2.01. The molecule has 0 bridgehead atoms. The van der Waals surface area contributed by atoms with Crippen LogP contribution in [0.4, 0.5) is 0 Å². The van der Waals surface area contributed by atoms with E-state index in [1.54, 1.807) is 21.3 Å². The third-order valence-corrected chi connectivity index (χ3v) is 6.17. The van der Waals surface area contributed by atoms with Crippen LogP contribution in [0.2, 0.25) is 0 Å². The predicted octanol–water partition coefficient (Wildman–Crippen LogP) is 1.38. The van der Waals surface area contributed by atoms with Gasteiger partial charge in [-0.25, -0.2) is 0 Å². The average Bonchev–Trinajstić information content (AvgIpc) is 2.24. The van der Waals surface area contributed by atoms with Crippen molar-refractivity contribution in [1.29, 1.82) is 0 Å². The second kappa shape index (κ2) is 5.22. The second-order valence-corrected chi connectivity index (χ2v) is 6.69. The number of rotatable bonds is 4. The summed E-state index contributed by atoms with van der Waals surface area (Å²) in [5.74, 6) is 0. The molecule has 0 fully saturated rings. The van der Waals surface area contributed by atoms with Crippen LogP contribution in [0, 0.1) is 3.57 Å². The zero-order chi connectivity index (χ0) is 10.6. The fourth-order valence-corrected chi connectivity index (χ4v) is 4.50. The molecule has 0 saturated carbocycles. The predicted molar refractivity (Wildman–Crippen MR) is 65.6 cm³/mol. The molecule has 5 heteroatoms. The first-order valence-electron chi connectivity index (χ1n) is 4.10. The van der Waals surface area contributed by atoms with Crippen molar-refractivity contribution in [2.45, 2.75) is 0 Å². The molecule has 0 aliphatic carbocycles. The van der Waals surface area contributed by atoms with Crippen molar-refractivity contribution in [3.8, 4) is 0 Å². The molecule has 0 spiro atoms. The van der Waals surface area contributed by atoms with Crippen LogP contribution in [0.15, 0.2) is 24.3 Å². The summed E-state index contributed by atoms with van der Waals surface area (Å²) in [7, 11) is 2.19. The molecule has 1 aromatic carbocycles. The summed E-state index contributed by atoms with van der Waals surface area (Å²) >= 11 is 2.25. The lowest BCUT2D eigenvalue weighted by Crippen LogP contribution is -2.55. The quantitative estimate of drug-likeness (QED) is 0.619. The first kappa shape index (κ1) is 12.1. The summed E-state index contributed by atoms with van der Waals surface area (Å²) in [5.41, 5.74) is 0. The van der Waals surface area contributed by atoms with Crippen LogP contribution in [0.25, 0.3) is 0 Å². The van der Waals surface area contributed by atoms with E-state index in [0.717, 1.165) is 8.76 Å². The molecule has 3 nitrogen and oxygen atoms in total. The van der Waals surface area contributed by atoms with Crippen LogP contribution in [0.5, 0.6) is 0 Å². The van der Waals surface area contributed by atoms with Crippen LogP contribution in [0.3, 0.4) is 0 Å². The highest BCUT2D eigenvalue weighted by molar-refractivity contribution is 14.1. The summed E-state index contributed by atoms with van der Waals surface area (Å²) in [5, 5.41) is 1.01. The van der Waals surface area contributed by atoms with Crippen LogP contribution in [-0.4, -0.2) is 30.1 Å². The first-order chi connectivity index (χ1) is 6.70. The molecule has 0 atom stereocenters. The number of hydrogen-bond acceptors (Lipinski definition) is 3. The lowest BCUT2D eigenvalue weighted by atomic mass is 10.4. The SMILES string of the molecule is CO[Si](OC)(OC)c1ccccc1I. The first-order valence-corrected chi connectivity index (χ1v) is 6.91. The fraction of sp³-hybridized carbons (Fsp3) is 0.333. The Morgan fingerprint density at radius 2 is 1.50 bits per heavy atom. The van der Waals surface area contributed by atoms with Gasteiger partial charge in [0.1, 0.15) is 0 Å². The smallest absolute Gasteiger partial charge is 0.373 e. The normalized spacial score (nSPS) is 11.7. The zero-order valence-corrected chi connectivity index (χ0v) is 11.6. The van der Waals surface area contributed by atoms with Gasteiger partial charge in [-0.15, -0.1) is 0 Å². The third kappa shape index (κ3) is 2.17. The Morgan fingerprint density at radius 1 is 1.00 bits per heavy atom. The maximum Gasteiger partial charge on any atom is 0.537 e. The Kier molecular flexibility index (Phi) is 4.52. The van der Waals surface area contributed by atoms with Gasteiger partial charge in [-0.1, -0.05) is 18.2 Å². The van der Waals surface area contributed by atoms with Gasteiger partial charge in [-0.2, -0.15) is 0 Å². The molecule has 0 heterocycles. The lowest BCUT2D eigenvalue weighted by Gasteiger charge is -2.25.